The number of Topliss-reactive ketones (excluding diaryl/α,β-unsaturated/α-hetero) is 1. The van der Waals surface area contributed by atoms with E-state index in [2.05, 4.69) is 0 Å². The third-order valence-electron chi connectivity index (χ3n) is 3.06. The van der Waals surface area contributed by atoms with Crippen LogP contribution >= 0.6 is 0 Å². The molecule has 0 bridgehead atoms. The highest BCUT2D eigenvalue weighted by atomic mass is 16.7. The quantitative estimate of drug-likeness (QED) is 0.583. The molecule has 7 nitrogen and oxygen atoms in total. The summed E-state index contributed by atoms with van der Waals surface area (Å²) in [7, 11) is 1.48. The van der Waals surface area contributed by atoms with Gasteiger partial charge in [-0.1, -0.05) is 0 Å². The molecular weight excluding hydrogens is 266 g/mol. The second-order valence-corrected chi connectivity index (χ2v) is 4.58. The van der Waals surface area contributed by atoms with E-state index in [9.17, 15) is 14.9 Å². The van der Waals surface area contributed by atoms with E-state index in [0.29, 0.717) is 22.8 Å². The van der Waals surface area contributed by atoms with Crippen LogP contribution in [0.3, 0.4) is 0 Å². The van der Waals surface area contributed by atoms with E-state index >= 15 is 0 Å². The van der Waals surface area contributed by atoms with Gasteiger partial charge in [0, 0.05) is 11.3 Å². The molecule has 0 saturated carbocycles. The molecular formula is C13H15NO6. The van der Waals surface area contributed by atoms with Gasteiger partial charge >= 0.3 is 0 Å². The maximum atomic E-state index is 11.3. The average molecular weight is 281 g/mol. The van der Waals surface area contributed by atoms with Crippen LogP contribution in [0.5, 0.6) is 17.2 Å². The Labute approximate surface area is 115 Å². The number of nitro groups is 1. The van der Waals surface area contributed by atoms with Crippen molar-refractivity contribution in [2.24, 2.45) is 0 Å². The van der Waals surface area contributed by atoms with Gasteiger partial charge in [-0.3, -0.25) is 10.1 Å². The van der Waals surface area contributed by atoms with Crippen molar-refractivity contribution in [3.05, 3.63) is 27.8 Å². The largest absolute Gasteiger partial charge is 0.493 e. The van der Waals surface area contributed by atoms with Crippen LogP contribution in [0.4, 0.5) is 0 Å². The Balaban J connectivity index is 2.37. The van der Waals surface area contributed by atoms with Gasteiger partial charge in [0.25, 0.3) is 0 Å². The van der Waals surface area contributed by atoms with Crippen molar-refractivity contribution in [2.45, 2.75) is 19.3 Å². The second kappa shape index (κ2) is 5.77. The first kappa shape index (κ1) is 14.1. The Bertz CT molecular complexity index is 526. The summed E-state index contributed by atoms with van der Waals surface area (Å²) in [6, 6.07) is 3.33. The fraction of sp³-hybridized carbons (Fsp3) is 0.462. The van der Waals surface area contributed by atoms with Crippen molar-refractivity contribution >= 4 is 5.78 Å². The second-order valence-electron chi connectivity index (χ2n) is 4.58. The van der Waals surface area contributed by atoms with E-state index in [1.54, 1.807) is 12.1 Å². The van der Waals surface area contributed by atoms with Crippen molar-refractivity contribution in [3.8, 4) is 17.2 Å². The molecule has 20 heavy (non-hydrogen) atoms. The molecule has 1 aliphatic heterocycles. The highest BCUT2D eigenvalue weighted by molar-refractivity contribution is 5.76. The number of benzene rings is 1. The van der Waals surface area contributed by atoms with Crippen molar-refractivity contribution < 1.29 is 23.9 Å². The van der Waals surface area contributed by atoms with E-state index in [1.165, 1.54) is 14.0 Å². The van der Waals surface area contributed by atoms with Crippen LogP contribution in [-0.2, 0) is 4.79 Å². The summed E-state index contributed by atoms with van der Waals surface area (Å²) in [4.78, 5) is 21.6. The molecule has 7 heteroatoms. The first-order valence-electron chi connectivity index (χ1n) is 6.10. The summed E-state index contributed by atoms with van der Waals surface area (Å²) in [6.45, 7) is 1.18. The zero-order chi connectivity index (χ0) is 14.7. The molecule has 1 atom stereocenters. The Hall–Kier alpha value is -2.31. The fourth-order valence-electron chi connectivity index (χ4n) is 2.20. The normalized spacial score (nSPS) is 13.9. The predicted octanol–water partition coefficient (Wildman–Crippen LogP) is 1.76. The van der Waals surface area contributed by atoms with Gasteiger partial charge in [-0.05, 0) is 24.6 Å². The molecule has 0 radical (unpaired) electrons. The minimum absolute atomic E-state index is 0.0851. The average Bonchev–Trinajstić information content (AvgIpc) is 2.83. The number of carbonyl (C=O) groups excluding carboxylic acids is 1. The van der Waals surface area contributed by atoms with Crippen LogP contribution in [0.25, 0.3) is 0 Å². The lowest BCUT2D eigenvalue weighted by Crippen LogP contribution is -2.15. The van der Waals surface area contributed by atoms with Gasteiger partial charge < -0.3 is 19.0 Å². The van der Waals surface area contributed by atoms with Gasteiger partial charge in [-0.15, -0.1) is 0 Å². The molecule has 0 unspecified atom stereocenters. The van der Waals surface area contributed by atoms with E-state index < -0.39 is 10.8 Å². The van der Waals surface area contributed by atoms with Crippen LogP contribution in [0.1, 0.15) is 24.8 Å². The molecule has 0 aromatic heterocycles. The number of hydrogen-bond acceptors (Lipinski definition) is 6. The maximum Gasteiger partial charge on any atom is 0.231 e. The van der Waals surface area contributed by atoms with Crippen molar-refractivity contribution in [1.82, 2.24) is 0 Å². The molecule has 0 amide bonds. The molecule has 0 spiro atoms. The maximum absolute atomic E-state index is 11.3. The van der Waals surface area contributed by atoms with E-state index in [-0.39, 0.29) is 25.5 Å². The van der Waals surface area contributed by atoms with E-state index in [4.69, 9.17) is 14.2 Å². The first-order chi connectivity index (χ1) is 9.51. The van der Waals surface area contributed by atoms with Crippen LogP contribution in [0.15, 0.2) is 12.1 Å². The van der Waals surface area contributed by atoms with Crippen LogP contribution < -0.4 is 14.2 Å². The number of methoxy groups -OCH3 is 1. The summed E-state index contributed by atoms with van der Waals surface area (Å²) in [6.07, 6.45) is 0.101. The third kappa shape index (κ3) is 2.98. The summed E-state index contributed by atoms with van der Waals surface area (Å²) >= 11 is 0. The number of ether oxygens (including phenoxy) is 3. The Morgan fingerprint density at radius 1 is 1.50 bits per heavy atom. The number of ketones is 1. The Morgan fingerprint density at radius 2 is 2.25 bits per heavy atom. The molecule has 2 rings (SSSR count). The fourth-order valence-corrected chi connectivity index (χ4v) is 2.20. The highest BCUT2D eigenvalue weighted by Gasteiger charge is 2.26. The topological polar surface area (TPSA) is 87.9 Å². The van der Waals surface area contributed by atoms with Crippen molar-refractivity contribution in [2.75, 3.05) is 20.4 Å². The molecule has 1 heterocycles. The lowest BCUT2D eigenvalue weighted by Gasteiger charge is -2.14. The molecule has 0 N–H and O–H groups in total. The smallest absolute Gasteiger partial charge is 0.231 e. The minimum Gasteiger partial charge on any atom is -0.493 e. The van der Waals surface area contributed by atoms with Crippen molar-refractivity contribution in [1.29, 1.82) is 0 Å². The predicted molar refractivity (Wildman–Crippen MR) is 69.0 cm³/mol. The first-order valence-corrected chi connectivity index (χ1v) is 6.10. The summed E-state index contributed by atoms with van der Waals surface area (Å²) < 4.78 is 15.8. The number of nitrogens with zero attached hydrogens (tertiary/aromatic N) is 1. The highest BCUT2D eigenvalue weighted by Crippen LogP contribution is 2.43. The standard InChI is InChI=1S/C13H15NO6/c1-8(15)3-10(6-14(16)17)9-4-11(18-2)13-12(5-9)19-7-20-13/h4-5,10H,3,6-7H2,1-2H3/t10-/m1/s1. The zero-order valence-corrected chi connectivity index (χ0v) is 11.3. The molecule has 1 aromatic carbocycles. The number of carbonyl (C=O) groups is 1. The van der Waals surface area contributed by atoms with E-state index in [1.807, 2.05) is 0 Å². The van der Waals surface area contributed by atoms with Crippen LogP contribution in [-0.4, -0.2) is 31.2 Å². The SMILES string of the molecule is COc1cc([C@H](CC(C)=O)C[N+](=O)[O-])cc2c1OCO2. The van der Waals surface area contributed by atoms with Gasteiger partial charge in [0.15, 0.2) is 11.5 Å². The van der Waals surface area contributed by atoms with Gasteiger partial charge in [-0.2, -0.15) is 0 Å². The zero-order valence-electron chi connectivity index (χ0n) is 11.3. The monoisotopic (exact) mass is 281 g/mol. The lowest BCUT2D eigenvalue weighted by atomic mass is 9.93. The van der Waals surface area contributed by atoms with Crippen LogP contribution in [0.2, 0.25) is 0 Å². The molecule has 0 fully saturated rings. The van der Waals surface area contributed by atoms with Gasteiger partial charge in [0.2, 0.25) is 19.1 Å². The molecule has 108 valence electrons. The number of hydrogen-bond donors (Lipinski definition) is 0. The van der Waals surface area contributed by atoms with Gasteiger partial charge in [0.05, 0.1) is 13.0 Å². The molecule has 0 aliphatic carbocycles. The van der Waals surface area contributed by atoms with Crippen molar-refractivity contribution in [3.63, 3.8) is 0 Å². The number of fused-ring (bicyclic) bond motifs is 1. The van der Waals surface area contributed by atoms with E-state index in [0.717, 1.165) is 0 Å². The Morgan fingerprint density at radius 3 is 2.85 bits per heavy atom. The summed E-state index contributed by atoms with van der Waals surface area (Å²) in [5.41, 5.74) is 0.637. The molecule has 0 saturated heterocycles. The van der Waals surface area contributed by atoms with Gasteiger partial charge in [-0.25, -0.2) is 0 Å². The number of rotatable bonds is 6. The lowest BCUT2D eigenvalue weighted by molar-refractivity contribution is -0.483. The van der Waals surface area contributed by atoms with Crippen LogP contribution in [0, 0.1) is 10.1 Å². The summed E-state index contributed by atoms with van der Waals surface area (Å²) in [5.74, 6) is 0.807. The molecule has 1 aliphatic rings. The molecule has 1 aromatic rings. The third-order valence-corrected chi connectivity index (χ3v) is 3.06. The van der Waals surface area contributed by atoms with Gasteiger partial charge in [0.1, 0.15) is 5.78 Å². The Kier molecular flexibility index (Phi) is 4.07. The minimum atomic E-state index is -0.508. The summed E-state index contributed by atoms with van der Waals surface area (Å²) in [5, 5.41) is 10.8.